The van der Waals surface area contributed by atoms with Gasteiger partial charge in [0.05, 0.1) is 99.5 Å². The second-order valence-corrected chi connectivity index (χ2v) is 29.3. The van der Waals surface area contributed by atoms with Gasteiger partial charge in [0.2, 0.25) is 5.91 Å². The first-order valence-corrected chi connectivity index (χ1v) is 33.7. The number of hydrogen-bond donors (Lipinski definition) is 4. The van der Waals surface area contributed by atoms with Gasteiger partial charge in [-0.3, -0.25) is 9.59 Å². The minimum absolute atomic E-state index is 0. The zero-order valence-corrected chi connectivity index (χ0v) is 53.2. The Morgan fingerprint density at radius 1 is 0.447 bits per heavy atom. The number of hydrogen-bond acceptors (Lipinski definition) is 18. The van der Waals surface area contributed by atoms with Crippen molar-refractivity contribution in [1.82, 2.24) is 5.32 Å². The summed E-state index contributed by atoms with van der Waals surface area (Å²) in [5.74, 6) is -0.659. The summed E-state index contributed by atoms with van der Waals surface area (Å²) < 4.78 is 72.9. The molecule has 8 fully saturated rings. The standard InChI is InChI=1S/C16H25B2NO6.C12H25BO2Si.2C11H18B2O4.C6H11BO2.CH4/c1-3-9-10(6-13(17)23-9)22-8-12-11(7-14(18)24-12)25-16(21)5-4-15(20)19-2;1-7-9-10(8-11(13)14-9)15-16(5,6)12(2,3)4;2*1-2-7-8(4-11(13)16-7)15-5-9-6(14)3-10(12)17-9;1-2-5-4(8)3-6(7)9-5;/h9-14H,3-8H2,1-2H3,(H,19,20);9-11H,7-8H2,1-6H3;2*6-11,14H,2-5H2,1H3;4-6,8H,2-3H2,1H3;1H4/t9-,10-,11-,12-,13-,14-;9-,10-,11-;2*6-,7-,8-,9-,10-,11-;4-,5-,6-;/m11111./s1. The maximum absolute atomic E-state index is 11.9. The highest BCUT2D eigenvalue weighted by molar-refractivity contribution is 6.74. The Hall–Kier alpha value is -0.924. The molecular weight excluding hydrogens is 1100 g/mol. The van der Waals surface area contributed by atoms with Crippen LogP contribution in [0.25, 0.3) is 0 Å². The van der Waals surface area contributed by atoms with Gasteiger partial charge < -0.3 is 81.9 Å². The molecule has 4 N–H and O–H groups in total. The highest BCUT2D eigenvalue weighted by atomic mass is 28.4. The van der Waals surface area contributed by atoms with E-state index in [1.54, 1.807) is 0 Å². The quantitative estimate of drug-likeness (QED) is 0.102. The number of amides is 1. The topological polar surface area (TPSA) is 227 Å². The Bertz CT molecular complexity index is 1830. The Morgan fingerprint density at radius 3 is 1.04 bits per heavy atom. The predicted molar refractivity (Wildman–Crippen MR) is 333 cm³/mol. The first kappa shape index (κ1) is 78.3. The van der Waals surface area contributed by atoms with Gasteiger partial charge in [0.15, 0.2) is 8.32 Å². The molecule has 0 bridgehead atoms. The third kappa shape index (κ3) is 25.9. The predicted octanol–water partition coefficient (Wildman–Crippen LogP) is 2.95. The van der Waals surface area contributed by atoms with Crippen molar-refractivity contribution in [3.05, 3.63) is 0 Å². The van der Waals surface area contributed by atoms with Crippen molar-refractivity contribution in [2.75, 3.05) is 26.9 Å². The summed E-state index contributed by atoms with van der Waals surface area (Å²) >= 11 is 0. The first-order chi connectivity index (χ1) is 39.5. The largest absolute Gasteiger partial charge is 0.459 e. The summed E-state index contributed by atoms with van der Waals surface area (Å²) in [4.78, 5) is 23.1. The molecule has 24 atom stereocenters. The Morgan fingerprint density at radius 2 is 0.729 bits per heavy atom. The number of esters is 1. The van der Waals surface area contributed by atoms with E-state index >= 15 is 0 Å². The molecule has 0 aromatic carbocycles. The molecule has 8 saturated heterocycles. The molecule has 0 unspecified atom stereocenters. The van der Waals surface area contributed by atoms with Crippen LogP contribution in [0.15, 0.2) is 0 Å². The van der Waals surface area contributed by atoms with Crippen LogP contribution in [0.5, 0.6) is 0 Å². The number of rotatable bonds is 20. The van der Waals surface area contributed by atoms with Crippen LogP contribution in [0.4, 0.5) is 0 Å². The third-order valence-electron chi connectivity index (χ3n) is 16.7. The first-order valence-electron chi connectivity index (χ1n) is 30.8. The van der Waals surface area contributed by atoms with Crippen molar-refractivity contribution in [2.24, 2.45) is 0 Å². The molecule has 0 aromatic rings. The van der Waals surface area contributed by atoms with Gasteiger partial charge in [-0.1, -0.05) is 62.8 Å². The van der Waals surface area contributed by atoms with Gasteiger partial charge in [0.25, 0.3) is 0 Å². The summed E-state index contributed by atoms with van der Waals surface area (Å²) in [6, 6.07) is -2.48. The van der Waals surface area contributed by atoms with Crippen molar-refractivity contribution in [2.45, 2.75) is 323 Å². The fraction of sp³-hybridized carbons (Fsp3) is 0.965. The molecule has 0 saturated carbocycles. The lowest BCUT2D eigenvalue weighted by Crippen LogP contribution is -2.45. The second-order valence-electron chi connectivity index (χ2n) is 24.6. The molecule has 470 valence electrons. The van der Waals surface area contributed by atoms with E-state index in [1.165, 1.54) is 7.05 Å². The van der Waals surface area contributed by atoms with Gasteiger partial charge in [-0.15, -0.1) is 0 Å². The molecule has 8 aliphatic heterocycles. The molecule has 28 heteroatoms. The minimum atomic E-state index is -1.69. The van der Waals surface area contributed by atoms with Gasteiger partial charge >= 0.3 is 5.97 Å². The van der Waals surface area contributed by atoms with Gasteiger partial charge in [-0.2, -0.15) is 0 Å². The van der Waals surface area contributed by atoms with E-state index in [9.17, 15) is 19.8 Å². The molecular formula is C57H101B8NO18Si. The van der Waals surface area contributed by atoms with Gasteiger partial charge in [-0.05, 0) is 95.2 Å². The molecule has 0 spiro atoms. The van der Waals surface area contributed by atoms with Crippen molar-refractivity contribution in [1.29, 1.82) is 0 Å². The Balaban J connectivity index is 0.000000286. The molecule has 0 aliphatic carbocycles. The van der Waals surface area contributed by atoms with Crippen LogP contribution in [-0.4, -0.2) is 271 Å². The smallest absolute Gasteiger partial charge is 0.306 e. The van der Waals surface area contributed by atoms with E-state index in [-0.39, 0.29) is 153 Å². The van der Waals surface area contributed by atoms with E-state index in [0.29, 0.717) is 58.2 Å². The van der Waals surface area contributed by atoms with Crippen LogP contribution < -0.4 is 5.32 Å². The summed E-state index contributed by atoms with van der Waals surface area (Å²) in [5, 5.41) is 31.2. The maximum atomic E-state index is 11.9. The Labute approximate surface area is 522 Å². The number of nitrogens with one attached hydrogen (secondary N) is 1. The fourth-order valence-corrected chi connectivity index (χ4v) is 12.2. The lowest BCUT2D eigenvalue weighted by Gasteiger charge is -2.39. The molecule has 8 heterocycles. The van der Waals surface area contributed by atoms with Crippen LogP contribution in [-0.2, 0) is 70.9 Å². The van der Waals surface area contributed by atoms with Crippen molar-refractivity contribution in [3.8, 4) is 0 Å². The van der Waals surface area contributed by atoms with E-state index < -0.39 is 44.7 Å². The fourth-order valence-electron chi connectivity index (χ4n) is 10.8. The molecule has 8 aliphatic rings. The van der Waals surface area contributed by atoms with Crippen LogP contribution in [0.2, 0.25) is 18.1 Å². The Kier molecular flexibility index (Phi) is 35.2. The number of aliphatic hydroxyl groups is 3. The monoisotopic (exact) mass is 1200 g/mol. The molecule has 8 rings (SSSR count). The average Bonchev–Trinajstić information content (AvgIpc) is 4.09. The lowest BCUT2D eigenvalue weighted by molar-refractivity contribution is -0.155. The van der Waals surface area contributed by atoms with Crippen LogP contribution in [0.1, 0.15) is 159 Å². The van der Waals surface area contributed by atoms with E-state index in [2.05, 4.69) is 46.1 Å². The van der Waals surface area contributed by atoms with E-state index in [4.69, 9.17) is 129 Å². The summed E-state index contributed by atoms with van der Waals surface area (Å²) in [5.41, 5.74) is 0. The SMILES string of the molecule is C.[B][C@H]1C[C@@H](O)[C@@H](CC)O1.[B][C@H]1C[C@@H](O)[C@@H](CO[C@@H]2C[C@H]([B])O[C@@H]2CC)O1.[B][C@H]1C[C@@H](O)[C@@H](CO[C@@H]2C[C@H]([B])O[C@@H]2CC)O1.[B][C@H]1C[C@@H](OC[C@H]2O[C@@H]([B])C[C@H]2OC(=O)CCC(=O)NC)[C@@H](CC)O1.[B][C@H]1C[C@@H](O[Si](C)(C)C(C)(C)C)[C@@H](CC)O1. The maximum Gasteiger partial charge on any atom is 0.306 e. The van der Waals surface area contributed by atoms with Crippen molar-refractivity contribution >= 4 is 83.0 Å². The zero-order chi connectivity index (χ0) is 62.6. The van der Waals surface area contributed by atoms with Crippen LogP contribution in [0.3, 0.4) is 0 Å². The van der Waals surface area contributed by atoms with Gasteiger partial charge in [-0.25, -0.2) is 0 Å². The highest BCUT2D eigenvalue weighted by Gasteiger charge is 2.44. The highest BCUT2D eigenvalue weighted by Crippen LogP contribution is 2.40. The second kappa shape index (κ2) is 38.2. The summed E-state index contributed by atoms with van der Waals surface area (Å²) in [6.07, 6.45) is 6.46. The summed E-state index contributed by atoms with van der Waals surface area (Å²) in [6.45, 7) is 22.5. The number of ether oxygens (including phenoxy) is 12. The molecule has 1 amide bonds. The third-order valence-corrected chi connectivity index (χ3v) is 21.2. The molecule has 0 aromatic heterocycles. The molecule has 16 radical (unpaired) electrons. The minimum Gasteiger partial charge on any atom is -0.459 e. The van der Waals surface area contributed by atoms with Crippen molar-refractivity contribution < 1.29 is 86.2 Å². The average molecular weight is 1200 g/mol. The molecule has 19 nitrogen and oxygen atoms in total. The zero-order valence-electron chi connectivity index (χ0n) is 52.2. The summed E-state index contributed by atoms with van der Waals surface area (Å²) in [7, 11) is 45.3. The van der Waals surface area contributed by atoms with E-state index in [1.807, 2.05) is 27.7 Å². The van der Waals surface area contributed by atoms with Crippen LogP contribution >= 0.6 is 0 Å². The number of carbonyl (C=O) groups is 2. The van der Waals surface area contributed by atoms with Gasteiger partial charge in [0, 0.05) is 67.9 Å². The number of aliphatic hydroxyl groups excluding tert-OH is 3. The van der Waals surface area contributed by atoms with E-state index in [0.717, 1.165) is 38.5 Å². The van der Waals surface area contributed by atoms with Crippen LogP contribution in [0, 0.1) is 0 Å². The molecule has 85 heavy (non-hydrogen) atoms. The van der Waals surface area contributed by atoms with Gasteiger partial charge in [0.1, 0.15) is 87.2 Å². The normalized spacial score (nSPS) is 39.5. The van der Waals surface area contributed by atoms with Crippen molar-refractivity contribution in [3.63, 3.8) is 0 Å². The lowest BCUT2D eigenvalue weighted by atomic mass is 9.95. The number of carbonyl (C=O) groups excluding carboxylic acids is 2.